The van der Waals surface area contributed by atoms with Gasteiger partial charge in [-0.3, -0.25) is 9.97 Å². The Labute approximate surface area is 801 Å². The summed E-state index contributed by atoms with van der Waals surface area (Å²) in [6.45, 7) is 62.8. The van der Waals surface area contributed by atoms with Gasteiger partial charge in [0.05, 0.1) is 0 Å². The Bertz CT molecular complexity index is 4090. The fraction of sp³-hybridized carbons (Fsp3) is 0.314. The van der Waals surface area contributed by atoms with E-state index in [-0.39, 0.29) is 131 Å². The van der Waals surface area contributed by atoms with Gasteiger partial charge in [0.25, 0.3) is 0 Å². The van der Waals surface area contributed by atoms with Crippen molar-refractivity contribution in [1.82, 2.24) is 19.9 Å². The molecule has 0 aliphatic rings. The molecule has 0 unspecified atom stereocenters. The third-order valence-corrected chi connectivity index (χ3v) is 17.4. The molecule has 112 heavy (non-hydrogen) atoms. The molecule has 0 bridgehead atoms. The van der Waals surface area contributed by atoms with Crippen LogP contribution in [-0.4, -0.2) is 29.4 Å². The summed E-state index contributed by atoms with van der Waals surface area (Å²) in [7, 11) is 0. The summed E-state index contributed by atoms with van der Waals surface area (Å²) < 4.78 is 6.27. The minimum Gasteiger partial charge on any atom is 3.00 e. The molecule has 0 saturated heterocycles. The largest absolute Gasteiger partial charge is 3.00 e. The van der Waals surface area contributed by atoms with Gasteiger partial charge in [-0.15, -0.1) is 142 Å². The summed E-state index contributed by atoms with van der Waals surface area (Å²) in [6, 6.07) is 63.1. The predicted molar refractivity (Wildman–Crippen MR) is 462 cm³/mol. The number of nitrogens with zero attached hydrogens (tertiary/aromatic N) is 4. The van der Waals surface area contributed by atoms with E-state index in [0.717, 1.165) is 89.0 Å². The van der Waals surface area contributed by atoms with Gasteiger partial charge in [0.1, 0.15) is 0 Å². The average Bonchev–Trinajstić information content (AvgIpc) is 0.815. The number of aromatic nitrogens is 4. The zero-order valence-electron chi connectivity index (χ0n) is 71.6. The maximum absolute atomic E-state index is 5.58. The van der Waals surface area contributed by atoms with Crippen molar-refractivity contribution in [2.75, 3.05) is 0 Å². The summed E-state index contributed by atoms with van der Waals surface area (Å²) in [5.74, 6) is 3.74. The Balaban J connectivity index is 0. The molecule has 0 N–H and O–H groups in total. The number of rotatable bonds is 20. The van der Waals surface area contributed by atoms with Gasteiger partial charge in [-0.2, -0.15) is 77.6 Å². The first-order valence-electron chi connectivity index (χ1n) is 38.0. The van der Waals surface area contributed by atoms with Crippen molar-refractivity contribution < 1.29 is 165 Å². The minimum absolute atomic E-state index is 0. The van der Waals surface area contributed by atoms with Gasteiger partial charge in [0.15, 0.2) is 0 Å². The van der Waals surface area contributed by atoms with Crippen molar-refractivity contribution in [3.63, 3.8) is 0 Å². The molecule has 10 rings (SSSR count). The van der Waals surface area contributed by atoms with E-state index in [0.29, 0.717) is 47.3 Å². The molecule has 0 amide bonds. The maximum Gasteiger partial charge on any atom is 3.00 e. The fourth-order valence-corrected chi connectivity index (χ4v) is 12.3. The first kappa shape index (κ1) is 110. The normalized spacial score (nSPS) is 10.5. The monoisotopic (exact) mass is 1860 g/mol. The Morgan fingerprint density at radius 2 is 0.589 bits per heavy atom. The van der Waals surface area contributed by atoms with Crippen LogP contribution in [0.5, 0.6) is 0 Å². The first-order chi connectivity index (χ1) is 51.8. The smallest absolute Gasteiger partial charge is 3.00 e. The van der Waals surface area contributed by atoms with Crippen molar-refractivity contribution >= 4 is 20.6 Å². The molecule has 570 valence electrons. The van der Waals surface area contributed by atoms with Crippen LogP contribution in [0.25, 0.3) is 77.9 Å². The number of allylic oxidation sites excluding steroid dienone is 6. The molecule has 0 aliphatic heterocycles. The standard InChI is InChI=1S/2C23H23N.2C22H22N.4C3H7.2V.4Y/c1-16(2)20-11-10-19(14-22(20)17(3)4)21-12-13-24-15-23(21)18-8-6-5-7-9-18;1-16(2)20-11-10-19(14-22(20)17(3)4)23-15-24-13-12-21(23)18-8-6-5-7-9-18;1-7-8-17(6)22-14-23-12-11-20(22)18-9-10-19(15(2)3)21(13-18)16(4)5;1-7-8-17(6)20-11-12-23-14-22(20)18-9-10-19(15(2)3)21(13-18)16(4)5;4*1-3-2;;;;;;/h2*5-8,10-13,15-17H,1-4H3;2*1,7-12,14-16H,2-5H3;4*3H,1-2H3;;;;;;/q2*-2;2*-3;4*-1;;;4*+3. The summed E-state index contributed by atoms with van der Waals surface area (Å²) in [5, 5.41) is 0. The second kappa shape index (κ2) is 61.5. The average molecular weight is 1860 g/mol. The van der Waals surface area contributed by atoms with Gasteiger partial charge in [0.2, 0.25) is 0 Å². The van der Waals surface area contributed by atoms with Gasteiger partial charge < -0.3 is 25.7 Å². The van der Waals surface area contributed by atoms with Crippen LogP contribution in [0.2, 0.25) is 0 Å². The van der Waals surface area contributed by atoms with E-state index >= 15 is 0 Å². The topological polar surface area (TPSA) is 51.6 Å². The van der Waals surface area contributed by atoms with Gasteiger partial charge >= 0.3 is 441 Å². The van der Waals surface area contributed by atoms with Crippen molar-refractivity contribution in [3.8, 4) is 66.8 Å². The van der Waals surface area contributed by atoms with E-state index in [1.807, 2.05) is 185 Å². The van der Waals surface area contributed by atoms with Crippen LogP contribution in [0, 0.1) is 75.2 Å². The van der Waals surface area contributed by atoms with Crippen LogP contribution in [0.1, 0.15) is 269 Å². The van der Waals surface area contributed by atoms with E-state index < -0.39 is 0 Å². The Kier molecular flexibility index (Phi) is 60.6. The summed E-state index contributed by atoms with van der Waals surface area (Å²) in [4.78, 5) is 17.2. The summed E-state index contributed by atoms with van der Waals surface area (Å²) in [6.07, 6.45) is 29.6. The molecule has 0 spiro atoms. The fourth-order valence-electron chi connectivity index (χ4n) is 11.7. The molecular formula is C102H118N4V2Y4-2. The van der Waals surface area contributed by atoms with Crippen molar-refractivity contribution in [2.24, 2.45) is 0 Å². The molecule has 6 aromatic carbocycles. The van der Waals surface area contributed by atoms with Crippen LogP contribution in [0.15, 0.2) is 195 Å². The SMILES string of the molecule is CC(C)c1[c-]c(-c2ccncc2-c2[c-]cccc2)ccc1C(C)C.CC(C)c1[c-]c(-c2cnccc2-c2[c-]cccc2)ccc1C(C)C.C[CH-]C.C[CH-]C.C[CH-]C.C[CH-]C.[CH-]=CC=C([C-]=[V])c1ccncc1-c1[c-]c(C(C)C)c(C(C)C)cc1.[CH-]=CC=C([C-]=[V])c1cnccc1-c1[c-]c(C(C)C)c(C(C)C)cc1.[Y+3].[Y+3].[Y+3].[Y+3]. The Morgan fingerprint density at radius 3 is 0.902 bits per heavy atom. The minimum atomic E-state index is 0. The number of benzene rings is 6. The van der Waals surface area contributed by atoms with E-state index in [2.05, 4.69) is 283 Å². The van der Waals surface area contributed by atoms with Crippen LogP contribution in [-0.2, 0) is 165 Å². The van der Waals surface area contributed by atoms with Gasteiger partial charge in [-0.05, 0) is 24.2 Å². The van der Waals surface area contributed by atoms with E-state index in [1.54, 1.807) is 6.20 Å². The van der Waals surface area contributed by atoms with Crippen molar-refractivity contribution in [1.29, 1.82) is 0 Å². The van der Waals surface area contributed by atoms with Gasteiger partial charge in [0, 0.05) is 12.4 Å². The second-order valence-corrected chi connectivity index (χ2v) is 29.2. The second-order valence-electron chi connectivity index (χ2n) is 28.5. The Morgan fingerprint density at radius 1 is 0.321 bits per heavy atom. The molecular weight excluding hydrogens is 1740 g/mol. The zero-order valence-corrected chi connectivity index (χ0v) is 85.7. The van der Waals surface area contributed by atoms with Gasteiger partial charge in [-0.25, -0.2) is 0 Å². The Hall–Kier alpha value is -3.80. The van der Waals surface area contributed by atoms with E-state index in [9.17, 15) is 0 Å². The van der Waals surface area contributed by atoms with Crippen LogP contribution < -0.4 is 0 Å². The van der Waals surface area contributed by atoms with Crippen molar-refractivity contribution in [2.45, 2.75) is 214 Å². The maximum atomic E-state index is 5.58. The molecule has 4 heterocycles. The molecule has 0 fully saturated rings. The van der Waals surface area contributed by atoms with Crippen LogP contribution in [0.3, 0.4) is 0 Å². The molecule has 0 saturated carbocycles. The summed E-state index contributed by atoms with van der Waals surface area (Å²) in [5.41, 5.74) is 27.7. The number of hydrogen-bond donors (Lipinski definition) is 0. The summed E-state index contributed by atoms with van der Waals surface area (Å²) >= 11 is 4.72. The number of hydrogen-bond acceptors (Lipinski definition) is 4. The van der Waals surface area contributed by atoms with Gasteiger partial charge in [-0.1, -0.05) is 79.4 Å². The molecule has 4 aromatic heterocycles. The zero-order chi connectivity index (χ0) is 80.4. The molecule has 0 radical (unpaired) electrons. The molecule has 10 heteroatoms. The molecule has 10 aromatic rings. The third kappa shape index (κ3) is 35.4. The number of pyridine rings is 4. The molecule has 0 atom stereocenters. The molecule has 4 nitrogen and oxygen atoms in total. The third-order valence-electron chi connectivity index (χ3n) is 16.6. The van der Waals surface area contributed by atoms with E-state index in [1.165, 1.54) is 56.7 Å². The van der Waals surface area contributed by atoms with Crippen molar-refractivity contribution in [3.05, 3.63) is 326 Å². The van der Waals surface area contributed by atoms with E-state index in [4.69, 9.17) is 13.2 Å². The quantitative estimate of drug-likeness (QED) is 0.0564. The predicted octanol–water partition coefficient (Wildman–Crippen LogP) is 28.2. The first-order valence-corrected chi connectivity index (χ1v) is 39.4. The van der Waals surface area contributed by atoms with Crippen LogP contribution >= 0.6 is 0 Å². The van der Waals surface area contributed by atoms with Crippen LogP contribution in [0.4, 0.5) is 0 Å². The molecule has 0 aliphatic carbocycles.